The Bertz CT molecular complexity index is 1660. The monoisotopic (exact) mass is 580 g/mol. The van der Waals surface area contributed by atoms with E-state index in [1.165, 1.54) is 10.9 Å². The van der Waals surface area contributed by atoms with E-state index in [-0.39, 0.29) is 29.7 Å². The standard InChI is InChI=1S/C25H28N12O3.ClH/c1-4-35(5-2)15-19-22(37(34-29-19)24-23(26)31-40-32-24)25(38)30-27-13-16-10-11-21(39-3)17(12-16)14-36-20-9-7-6-8-18(20)28-33-36;/h6-13H,4-5,14-15H2,1-3H3,(H2,26,31)(H,30,38);1H/b27-13+;. The van der Waals surface area contributed by atoms with E-state index in [2.05, 4.69) is 46.4 Å². The van der Waals surface area contributed by atoms with Crippen LogP contribution in [0, 0.1) is 0 Å². The second kappa shape index (κ2) is 13.0. The van der Waals surface area contributed by atoms with E-state index in [1.807, 2.05) is 56.3 Å². The average Bonchev–Trinajstić information content (AvgIpc) is 3.70. The topological polar surface area (TPSA) is 180 Å². The number of benzene rings is 2. The number of aromatic nitrogens is 8. The Hall–Kier alpha value is -4.89. The molecule has 2 aromatic carbocycles. The minimum absolute atomic E-state index is 0. The summed E-state index contributed by atoms with van der Waals surface area (Å²) in [6.07, 6.45) is 1.53. The molecule has 15 nitrogen and oxygen atoms in total. The number of methoxy groups -OCH3 is 1. The van der Waals surface area contributed by atoms with Crippen LogP contribution in [0.25, 0.3) is 16.9 Å². The predicted octanol–water partition coefficient (Wildman–Crippen LogP) is 2.06. The third-order valence-corrected chi connectivity index (χ3v) is 6.34. The molecule has 41 heavy (non-hydrogen) atoms. The lowest BCUT2D eigenvalue weighted by Gasteiger charge is -2.16. The van der Waals surface area contributed by atoms with E-state index < -0.39 is 5.91 Å². The number of hydrogen-bond donors (Lipinski definition) is 2. The van der Waals surface area contributed by atoms with Gasteiger partial charge < -0.3 is 10.5 Å². The lowest BCUT2D eigenvalue weighted by Crippen LogP contribution is -2.27. The van der Waals surface area contributed by atoms with Crippen LogP contribution in [-0.2, 0) is 13.1 Å². The van der Waals surface area contributed by atoms with Crippen LogP contribution in [0.4, 0.5) is 5.82 Å². The van der Waals surface area contributed by atoms with Crippen molar-refractivity contribution in [1.29, 1.82) is 0 Å². The van der Waals surface area contributed by atoms with E-state index >= 15 is 0 Å². The van der Waals surface area contributed by atoms with Crippen molar-refractivity contribution in [2.75, 3.05) is 25.9 Å². The van der Waals surface area contributed by atoms with Gasteiger partial charge in [0, 0.05) is 12.1 Å². The summed E-state index contributed by atoms with van der Waals surface area (Å²) in [6.45, 7) is 6.40. The zero-order valence-electron chi connectivity index (χ0n) is 22.6. The van der Waals surface area contributed by atoms with Crippen LogP contribution in [0.2, 0.25) is 0 Å². The summed E-state index contributed by atoms with van der Waals surface area (Å²) in [6, 6.07) is 13.3. The molecule has 1 amide bonds. The molecule has 0 aliphatic carbocycles. The van der Waals surface area contributed by atoms with Crippen LogP contribution >= 0.6 is 12.4 Å². The highest BCUT2D eigenvalue weighted by Gasteiger charge is 2.25. The fourth-order valence-electron chi connectivity index (χ4n) is 4.21. The predicted molar refractivity (Wildman–Crippen MR) is 152 cm³/mol. The Labute approximate surface area is 240 Å². The minimum Gasteiger partial charge on any atom is -0.496 e. The molecule has 0 spiro atoms. The van der Waals surface area contributed by atoms with Gasteiger partial charge in [0.2, 0.25) is 11.6 Å². The molecular weight excluding hydrogens is 552 g/mol. The van der Waals surface area contributed by atoms with Crippen LogP contribution in [0.3, 0.4) is 0 Å². The third kappa shape index (κ3) is 6.15. The van der Waals surface area contributed by atoms with Crippen molar-refractivity contribution in [3.8, 4) is 11.6 Å². The van der Waals surface area contributed by atoms with Gasteiger partial charge >= 0.3 is 0 Å². The molecule has 3 N–H and O–H groups in total. The van der Waals surface area contributed by atoms with Gasteiger partial charge in [-0.25, -0.2) is 14.7 Å². The van der Waals surface area contributed by atoms with E-state index in [1.54, 1.807) is 11.8 Å². The first-order chi connectivity index (χ1) is 19.5. The first-order valence-corrected chi connectivity index (χ1v) is 12.6. The maximum Gasteiger partial charge on any atom is 0.292 e. The number of nitrogen functional groups attached to an aromatic ring is 1. The molecule has 0 aliphatic rings. The number of amides is 1. The van der Waals surface area contributed by atoms with Crippen molar-refractivity contribution in [3.05, 3.63) is 65.0 Å². The summed E-state index contributed by atoms with van der Waals surface area (Å²) in [5.74, 6) is 0.180. The smallest absolute Gasteiger partial charge is 0.292 e. The quantitative estimate of drug-likeness (QED) is 0.172. The SMILES string of the molecule is CCN(CC)Cc1nnn(-c2nonc2N)c1C(=O)N/N=C/c1ccc(OC)c(Cn2nnc3ccccc32)c1.Cl. The molecule has 5 rings (SSSR count). The summed E-state index contributed by atoms with van der Waals surface area (Å²) in [7, 11) is 1.61. The number of carbonyl (C=O) groups excluding carboxylic acids is 1. The highest BCUT2D eigenvalue weighted by atomic mass is 35.5. The van der Waals surface area contributed by atoms with E-state index in [0.29, 0.717) is 24.5 Å². The largest absolute Gasteiger partial charge is 0.496 e. The van der Waals surface area contributed by atoms with Gasteiger partial charge in [0.25, 0.3) is 5.91 Å². The summed E-state index contributed by atoms with van der Waals surface area (Å²) in [5, 5.41) is 28.2. The Morgan fingerprint density at radius 3 is 2.68 bits per heavy atom. The van der Waals surface area contributed by atoms with Gasteiger partial charge in [0.15, 0.2) is 5.69 Å². The lowest BCUT2D eigenvalue weighted by atomic mass is 10.1. The molecule has 0 aliphatic heterocycles. The van der Waals surface area contributed by atoms with E-state index in [9.17, 15) is 4.79 Å². The summed E-state index contributed by atoms with van der Waals surface area (Å²) < 4.78 is 13.2. The van der Waals surface area contributed by atoms with Crippen molar-refractivity contribution in [2.24, 2.45) is 5.10 Å². The van der Waals surface area contributed by atoms with Gasteiger partial charge in [0.1, 0.15) is 17.0 Å². The number of nitrogens with one attached hydrogen (secondary N) is 1. The van der Waals surface area contributed by atoms with E-state index in [4.69, 9.17) is 15.1 Å². The zero-order valence-corrected chi connectivity index (χ0v) is 23.4. The molecule has 0 unspecified atom stereocenters. The number of hydrazone groups is 1. The number of para-hydroxylation sites is 1. The highest BCUT2D eigenvalue weighted by molar-refractivity contribution is 5.95. The van der Waals surface area contributed by atoms with Crippen molar-refractivity contribution in [1.82, 2.24) is 50.6 Å². The Balaban J connectivity index is 0.00000387. The summed E-state index contributed by atoms with van der Waals surface area (Å²) in [5.41, 5.74) is 12.3. The zero-order chi connectivity index (χ0) is 28.1. The number of halogens is 1. The maximum absolute atomic E-state index is 13.3. The van der Waals surface area contributed by atoms with Crippen molar-refractivity contribution in [3.63, 3.8) is 0 Å². The Morgan fingerprint density at radius 1 is 1.15 bits per heavy atom. The van der Waals surface area contributed by atoms with Crippen molar-refractivity contribution >= 4 is 41.4 Å². The fraction of sp³-hybridized carbons (Fsp3) is 0.280. The molecule has 5 aromatic rings. The van der Waals surface area contributed by atoms with Crippen LogP contribution in [-0.4, -0.2) is 77.5 Å². The minimum atomic E-state index is -0.548. The number of carbonyl (C=O) groups is 1. The van der Waals surface area contributed by atoms with Gasteiger partial charge in [-0.05, 0) is 59.3 Å². The second-order valence-corrected chi connectivity index (χ2v) is 8.74. The molecule has 0 saturated heterocycles. The molecular formula is C25H29ClN12O3. The van der Waals surface area contributed by atoms with Gasteiger partial charge in [-0.15, -0.1) is 22.6 Å². The first kappa shape index (κ1) is 29.1. The molecule has 3 heterocycles. The van der Waals surface area contributed by atoms with Gasteiger partial charge in [-0.2, -0.15) is 9.78 Å². The lowest BCUT2D eigenvalue weighted by molar-refractivity contribution is 0.0945. The van der Waals surface area contributed by atoms with Crippen molar-refractivity contribution < 1.29 is 14.2 Å². The van der Waals surface area contributed by atoms with Gasteiger partial charge in [-0.3, -0.25) is 9.69 Å². The second-order valence-electron chi connectivity index (χ2n) is 8.74. The Kier molecular flexibility index (Phi) is 9.21. The van der Waals surface area contributed by atoms with Crippen LogP contribution in [0.15, 0.2) is 52.2 Å². The maximum atomic E-state index is 13.3. The van der Waals surface area contributed by atoms with Gasteiger partial charge in [-0.1, -0.05) is 36.4 Å². The molecule has 3 aromatic heterocycles. The van der Waals surface area contributed by atoms with Crippen LogP contribution < -0.4 is 15.9 Å². The number of ether oxygens (including phenoxy) is 1. The number of nitrogens with zero attached hydrogens (tertiary/aromatic N) is 10. The number of nitrogens with two attached hydrogens (primary N) is 1. The summed E-state index contributed by atoms with van der Waals surface area (Å²) >= 11 is 0. The molecule has 0 bridgehead atoms. The van der Waals surface area contributed by atoms with E-state index in [0.717, 1.165) is 35.2 Å². The van der Waals surface area contributed by atoms with Crippen LogP contribution in [0.5, 0.6) is 5.75 Å². The average molecular weight is 581 g/mol. The molecule has 0 fully saturated rings. The highest BCUT2D eigenvalue weighted by Crippen LogP contribution is 2.22. The first-order valence-electron chi connectivity index (χ1n) is 12.6. The summed E-state index contributed by atoms with van der Waals surface area (Å²) in [4.78, 5) is 15.4. The third-order valence-electron chi connectivity index (χ3n) is 6.34. The molecule has 214 valence electrons. The Morgan fingerprint density at radius 2 is 1.95 bits per heavy atom. The number of rotatable bonds is 11. The number of anilines is 1. The molecule has 16 heteroatoms. The fourth-order valence-corrected chi connectivity index (χ4v) is 4.21. The molecule has 0 radical (unpaired) electrons. The number of fused-ring (bicyclic) bond motifs is 1. The molecule has 0 saturated carbocycles. The van der Waals surface area contributed by atoms with Crippen LogP contribution in [0.1, 0.15) is 41.2 Å². The van der Waals surface area contributed by atoms with Crippen molar-refractivity contribution in [2.45, 2.75) is 26.9 Å². The normalized spacial score (nSPS) is 11.3. The molecule has 0 atom stereocenters. The number of hydrogen-bond acceptors (Lipinski definition) is 12. The van der Waals surface area contributed by atoms with Gasteiger partial charge in [0.05, 0.1) is 25.4 Å².